The van der Waals surface area contributed by atoms with E-state index in [1.807, 2.05) is 4.90 Å². The van der Waals surface area contributed by atoms with Gasteiger partial charge in [0.15, 0.2) is 5.11 Å². The lowest BCUT2D eigenvalue weighted by atomic mass is 10.1. The number of nitro groups is 1. The van der Waals surface area contributed by atoms with Crippen LogP contribution in [0.4, 0.5) is 11.4 Å². The molecule has 9 heteroatoms. The zero-order chi connectivity index (χ0) is 15.2. The fraction of sp³-hybridized carbons (Fsp3) is 0.333. The monoisotopic (exact) mass is 309 g/mol. The molecule has 2 rings (SSSR count). The van der Waals surface area contributed by atoms with E-state index < -0.39 is 4.92 Å². The number of thiocarbonyl (C=S) groups is 1. The summed E-state index contributed by atoms with van der Waals surface area (Å²) in [5.41, 5.74) is 8.85. The Kier molecular flexibility index (Phi) is 5.01. The van der Waals surface area contributed by atoms with Crippen LogP contribution in [0.2, 0.25) is 0 Å². The quantitative estimate of drug-likeness (QED) is 0.363. The van der Waals surface area contributed by atoms with Crippen LogP contribution in [-0.2, 0) is 4.74 Å². The molecule has 1 aromatic rings. The number of anilines is 1. The molecule has 1 aliphatic rings. The Morgan fingerprint density at radius 1 is 1.52 bits per heavy atom. The molecule has 0 saturated carbocycles. The van der Waals surface area contributed by atoms with E-state index >= 15 is 0 Å². The predicted molar refractivity (Wildman–Crippen MR) is 83.6 cm³/mol. The van der Waals surface area contributed by atoms with Crippen molar-refractivity contribution in [2.75, 3.05) is 31.2 Å². The molecular formula is C12H15N5O3S. The molecule has 3 N–H and O–H groups in total. The van der Waals surface area contributed by atoms with E-state index in [1.165, 1.54) is 12.3 Å². The van der Waals surface area contributed by atoms with Gasteiger partial charge in [0, 0.05) is 24.7 Å². The second-order valence-electron chi connectivity index (χ2n) is 4.34. The number of benzene rings is 1. The van der Waals surface area contributed by atoms with Gasteiger partial charge in [0.05, 0.1) is 24.4 Å². The first-order valence-electron chi connectivity index (χ1n) is 6.27. The SMILES string of the molecule is NC(=S)N/N=C/c1ccc(N2CCOCC2)c([N+](=O)[O-])c1. The maximum absolute atomic E-state index is 11.2. The fourth-order valence-electron chi connectivity index (χ4n) is 2.01. The van der Waals surface area contributed by atoms with Crippen molar-refractivity contribution in [1.29, 1.82) is 0 Å². The van der Waals surface area contributed by atoms with Crippen LogP contribution in [0.25, 0.3) is 0 Å². The third kappa shape index (κ3) is 4.10. The number of hydrazone groups is 1. The lowest BCUT2D eigenvalue weighted by Gasteiger charge is -2.28. The van der Waals surface area contributed by atoms with Crippen LogP contribution in [-0.4, -0.2) is 42.6 Å². The number of hydrogen-bond donors (Lipinski definition) is 2. The van der Waals surface area contributed by atoms with Gasteiger partial charge < -0.3 is 15.4 Å². The Bertz CT molecular complexity index is 572. The molecule has 0 bridgehead atoms. The molecule has 0 spiro atoms. The van der Waals surface area contributed by atoms with Gasteiger partial charge in [0.25, 0.3) is 5.69 Å². The van der Waals surface area contributed by atoms with Crippen LogP contribution in [0.5, 0.6) is 0 Å². The third-order valence-electron chi connectivity index (χ3n) is 2.94. The van der Waals surface area contributed by atoms with Crippen molar-refractivity contribution >= 4 is 34.9 Å². The second kappa shape index (κ2) is 6.95. The van der Waals surface area contributed by atoms with Crippen LogP contribution in [0.3, 0.4) is 0 Å². The minimum Gasteiger partial charge on any atom is -0.378 e. The molecule has 0 atom stereocenters. The maximum atomic E-state index is 11.2. The number of ether oxygens (including phenoxy) is 1. The zero-order valence-electron chi connectivity index (χ0n) is 11.2. The molecule has 0 amide bonds. The number of nitrogens with zero attached hydrogens (tertiary/aromatic N) is 3. The summed E-state index contributed by atoms with van der Waals surface area (Å²) in [6.07, 6.45) is 1.43. The lowest BCUT2D eigenvalue weighted by molar-refractivity contribution is -0.384. The van der Waals surface area contributed by atoms with Gasteiger partial charge in [-0.2, -0.15) is 5.10 Å². The summed E-state index contributed by atoms with van der Waals surface area (Å²) in [4.78, 5) is 12.8. The van der Waals surface area contributed by atoms with Crippen molar-refractivity contribution in [3.05, 3.63) is 33.9 Å². The van der Waals surface area contributed by atoms with Gasteiger partial charge >= 0.3 is 0 Å². The standard InChI is InChI=1S/C12H15N5O3S/c13-12(21)15-14-8-9-1-2-10(11(7-9)17(18)19)16-3-5-20-6-4-16/h1-2,7-8H,3-6H2,(H3,13,15,21)/b14-8+. The summed E-state index contributed by atoms with van der Waals surface area (Å²) in [6, 6.07) is 4.93. The number of nitro benzene ring substituents is 1. The highest BCUT2D eigenvalue weighted by Crippen LogP contribution is 2.29. The fourth-order valence-corrected chi connectivity index (χ4v) is 2.06. The van der Waals surface area contributed by atoms with Gasteiger partial charge in [-0.15, -0.1) is 0 Å². The minimum absolute atomic E-state index is 0.0330. The Labute approximate surface area is 126 Å². The molecule has 1 aromatic carbocycles. The Morgan fingerprint density at radius 2 is 2.24 bits per heavy atom. The highest BCUT2D eigenvalue weighted by atomic mass is 32.1. The van der Waals surface area contributed by atoms with Gasteiger partial charge in [-0.3, -0.25) is 15.5 Å². The number of nitrogens with two attached hydrogens (primary N) is 1. The van der Waals surface area contributed by atoms with Crippen LogP contribution < -0.4 is 16.1 Å². The van der Waals surface area contributed by atoms with E-state index in [9.17, 15) is 10.1 Å². The molecule has 112 valence electrons. The largest absolute Gasteiger partial charge is 0.378 e. The van der Waals surface area contributed by atoms with E-state index in [1.54, 1.807) is 12.1 Å². The third-order valence-corrected chi connectivity index (χ3v) is 3.03. The molecule has 1 fully saturated rings. The number of hydrogen-bond acceptors (Lipinski definition) is 6. The summed E-state index contributed by atoms with van der Waals surface area (Å²) >= 11 is 4.61. The zero-order valence-corrected chi connectivity index (χ0v) is 12.0. The van der Waals surface area contributed by atoms with Crippen molar-refractivity contribution in [2.24, 2.45) is 10.8 Å². The Morgan fingerprint density at radius 3 is 2.86 bits per heavy atom. The molecule has 0 radical (unpaired) electrons. The Hall–Kier alpha value is -2.26. The van der Waals surface area contributed by atoms with Crippen molar-refractivity contribution in [2.45, 2.75) is 0 Å². The maximum Gasteiger partial charge on any atom is 0.293 e. The molecule has 0 unspecified atom stereocenters. The highest BCUT2D eigenvalue weighted by Gasteiger charge is 2.21. The summed E-state index contributed by atoms with van der Waals surface area (Å²) in [7, 11) is 0. The molecule has 8 nitrogen and oxygen atoms in total. The van der Waals surface area contributed by atoms with Crippen LogP contribution in [0.15, 0.2) is 23.3 Å². The van der Waals surface area contributed by atoms with Gasteiger partial charge in [-0.25, -0.2) is 0 Å². The van der Waals surface area contributed by atoms with Crippen molar-refractivity contribution in [3.8, 4) is 0 Å². The predicted octanol–water partition coefficient (Wildman–Crippen LogP) is 0.598. The lowest BCUT2D eigenvalue weighted by Crippen LogP contribution is -2.36. The van der Waals surface area contributed by atoms with Gasteiger partial charge in [0.2, 0.25) is 0 Å². The van der Waals surface area contributed by atoms with E-state index in [0.29, 0.717) is 37.6 Å². The number of rotatable bonds is 4. The Balaban J connectivity index is 2.24. The second-order valence-corrected chi connectivity index (χ2v) is 4.78. The van der Waals surface area contributed by atoms with E-state index in [-0.39, 0.29) is 10.8 Å². The summed E-state index contributed by atoms with van der Waals surface area (Å²) in [5, 5.41) is 15.1. The first kappa shape index (κ1) is 15.1. The molecule has 1 saturated heterocycles. The first-order valence-corrected chi connectivity index (χ1v) is 6.68. The summed E-state index contributed by atoms with van der Waals surface area (Å²) in [6.45, 7) is 2.41. The molecule has 1 heterocycles. The number of morpholine rings is 1. The smallest absolute Gasteiger partial charge is 0.293 e. The van der Waals surface area contributed by atoms with Crippen molar-refractivity contribution in [1.82, 2.24) is 5.43 Å². The van der Waals surface area contributed by atoms with Gasteiger partial charge in [-0.1, -0.05) is 6.07 Å². The summed E-state index contributed by atoms with van der Waals surface area (Å²) in [5.74, 6) is 0. The van der Waals surface area contributed by atoms with Gasteiger partial charge in [-0.05, 0) is 18.3 Å². The number of nitrogens with one attached hydrogen (secondary N) is 1. The molecule has 0 aromatic heterocycles. The normalized spacial score (nSPS) is 15.1. The molecular weight excluding hydrogens is 294 g/mol. The average molecular weight is 309 g/mol. The average Bonchev–Trinajstić information content (AvgIpc) is 2.47. The van der Waals surface area contributed by atoms with Crippen molar-refractivity contribution < 1.29 is 9.66 Å². The molecule has 21 heavy (non-hydrogen) atoms. The van der Waals surface area contributed by atoms with Crippen LogP contribution >= 0.6 is 12.2 Å². The van der Waals surface area contributed by atoms with Crippen LogP contribution in [0.1, 0.15) is 5.56 Å². The first-order chi connectivity index (χ1) is 10.1. The molecule has 0 aliphatic carbocycles. The van der Waals surface area contributed by atoms with E-state index in [4.69, 9.17) is 10.5 Å². The van der Waals surface area contributed by atoms with Gasteiger partial charge in [0.1, 0.15) is 5.69 Å². The highest BCUT2D eigenvalue weighted by molar-refractivity contribution is 7.80. The van der Waals surface area contributed by atoms with Crippen molar-refractivity contribution in [3.63, 3.8) is 0 Å². The molecule has 1 aliphatic heterocycles. The van der Waals surface area contributed by atoms with E-state index in [0.717, 1.165) is 0 Å². The van der Waals surface area contributed by atoms with Crippen LogP contribution in [0, 0.1) is 10.1 Å². The van der Waals surface area contributed by atoms with E-state index in [2.05, 4.69) is 22.7 Å². The topological polar surface area (TPSA) is 106 Å². The minimum atomic E-state index is -0.400. The summed E-state index contributed by atoms with van der Waals surface area (Å²) < 4.78 is 5.26.